The van der Waals surface area contributed by atoms with Crippen LogP contribution in [-0.2, 0) is 18.9 Å². The van der Waals surface area contributed by atoms with Crippen LogP contribution in [-0.4, -0.2) is 26.2 Å². The Morgan fingerprint density at radius 3 is 2.52 bits per heavy atom. The van der Waals surface area contributed by atoms with E-state index in [-0.39, 0.29) is 11.5 Å². The molecule has 3 rings (SSSR count). The summed E-state index contributed by atoms with van der Waals surface area (Å²) in [6.07, 6.45) is 6.79. The van der Waals surface area contributed by atoms with Gasteiger partial charge in [0, 0.05) is 17.9 Å². The third-order valence-corrected chi connectivity index (χ3v) is 4.76. The van der Waals surface area contributed by atoms with Crippen LogP contribution in [0.25, 0.3) is 0 Å². The lowest BCUT2D eigenvalue weighted by Crippen LogP contribution is -2.48. The van der Waals surface area contributed by atoms with Crippen molar-refractivity contribution < 1.29 is 0 Å². The molecule has 2 aromatic rings. The lowest BCUT2D eigenvalue weighted by Gasteiger charge is -2.42. The van der Waals surface area contributed by atoms with Crippen molar-refractivity contribution in [2.45, 2.75) is 50.0 Å². The highest BCUT2D eigenvalue weighted by Crippen LogP contribution is 2.42. The van der Waals surface area contributed by atoms with Crippen LogP contribution in [0.5, 0.6) is 0 Å². The van der Waals surface area contributed by atoms with Gasteiger partial charge < -0.3 is 5.73 Å². The fourth-order valence-electron chi connectivity index (χ4n) is 3.62. The highest BCUT2D eigenvalue weighted by atomic mass is 15.6. The highest BCUT2D eigenvalue weighted by molar-refractivity contribution is 5.29. The Kier molecular flexibility index (Phi) is 4.01. The van der Waals surface area contributed by atoms with E-state index in [0.717, 1.165) is 18.7 Å². The van der Waals surface area contributed by atoms with Gasteiger partial charge in [0.2, 0.25) is 0 Å². The number of benzene rings is 1. The number of hydrogen-bond acceptors (Lipinski definition) is 4. The van der Waals surface area contributed by atoms with E-state index >= 15 is 0 Å². The molecule has 1 fully saturated rings. The number of nitrogens with zero attached hydrogens (tertiary/aromatic N) is 4. The predicted molar refractivity (Wildman–Crippen MR) is 81.7 cm³/mol. The smallest absolute Gasteiger partial charge is 0.176 e. The fourth-order valence-corrected chi connectivity index (χ4v) is 3.62. The summed E-state index contributed by atoms with van der Waals surface area (Å²) in [6.45, 7) is 0. The summed E-state index contributed by atoms with van der Waals surface area (Å²) in [7, 11) is 1.79. The van der Waals surface area contributed by atoms with E-state index in [1.165, 1.54) is 29.6 Å². The van der Waals surface area contributed by atoms with Crippen LogP contribution in [0.2, 0.25) is 0 Å². The van der Waals surface area contributed by atoms with E-state index in [1.807, 2.05) is 0 Å². The van der Waals surface area contributed by atoms with E-state index in [2.05, 4.69) is 45.7 Å². The molecule has 0 radical (unpaired) electrons. The number of nitrogens with two attached hydrogens (primary N) is 1. The molecule has 1 saturated carbocycles. The van der Waals surface area contributed by atoms with Gasteiger partial charge in [0.15, 0.2) is 5.82 Å². The molecule has 1 atom stereocenters. The van der Waals surface area contributed by atoms with Crippen molar-refractivity contribution in [1.29, 1.82) is 0 Å². The van der Waals surface area contributed by atoms with Crippen molar-refractivity contribution in [2.24, 2.45) is 12.8 Å². The maximum Gasteiger partial charge on any atom is 0.176 e. The molecule has 0 saturated heterocycles. The topological polar surface area (TPSA) is 69.6 Å². The van der Waals surface area contributed by atoms with Crippen molar-refractivity contribution in [2.75, 3.05) is 0 Å². The lowest BCUT2D eigenvalue weighted by molar-refractivity contribution is 0.239. The zero-order chi connectivity index (χ0) is 14.7. The SMILES string of the molecule is Cn1nnc(CC(N)C2(c3ccccc3)CCCCC2)n1. The minimum Gasteiger partial charge on any atom is -0.326 e. The average molecular weight is 285 g/mol. The molecule has 0 spiro atoms. The third kappa shape index (κ3) is 2.83. The Bertz CT molecular complexity index is 571. The fraction of sp³-hybridized carbons (Fsp3) is 0.562. The summed E-state index contributed by atoms with van der Waals surface area (Å²) in [5, 5.41) is 12.3. The number of aryl methyl sites for hydroxylation is 1. The van der Waals surface area contributed by atoms with Crippen LogP contribution in [0.4, 0.5) is 0 Å². The molecule has 1 unspecified atom stereocenters. The van der Waals surface area contributed by atoms with E-state index in [9.17, 15) is 0 Å². The second-order valence-electron chi connectivity index (χ2n) is 6.09. The normalized spacial score (nSPS) is 19.3. The lowest BCUT2D eigenvalue weighted by atomic mass is 9.64. The summed E-state index contributed by atoms with van der Waals surface area (Å²) in [5.41, 5.74) is 8.06. The Labute approximate surface area is 125 Å². The molecule has 1 aliphatic rings. The molecule has 5 nitrogen and oxygen atoms in total. The first-order valence-corrected chi connectivity index (χ1v) is 7.75. The van der Waals surface area contributed by atoms with Gasteiger partial charge in [-0.3, -0.25) is 0 Å². The van der Waals surface area contributed by atoms with Crippen LogP contribution in [0.1, 0.15) is 43.5 Å². The number of tetrazole rings is 1. The minimum absolute atomic E-state index is 0.0319. The van der Waals surface area contributed by atoms with Crippen LogP contribution < -0.4 is 5.73 Å². The molecule has 1 aromatic heterocycles. The van der Waals surface area contributed by atoms with Gasteiger partial charge in [-0.2, -0.15) is 4.80 Å². The molecular formula is C16H23N5. The first kappa shape index (κ1) is 14.2. The molecular weight excluding hydrogens is 262 g/mol. The van der Waals surface area contributed by atoms with Crippen LogP contribution in [0, 0.1) is 0 Å². The minimum atomic E-state index is 0.0319. The zero-order valence-electron chi connectivity index (χ0n) is 12.6. The van der Waals surface area contributed by atoms with Gasteiger partial charge in [-0.05, 0) is 23.6 Å². The standard InChI is InChI=1S/C16H23N5/c1-21-19-15(18-20-21)12-14(17)16(10-6-3-7-11-16)13-8-4-2-5-9-13/h2,4-5,8-9,14H,3,6-7,10-12,17H2,1H3. The molecule has 2 N–H and O–H groups in total. The highest BCUT2D eigenvalue weighted by Gasteiger charge is 2.39. The Balaban J connectivity index is 1.88. The summed E-state index contributed by atoms with van der Waals surface area (Å²) in [4.78, 5) is 1.50. The van der Waals surface area contributed by atoms with Gasteiger partial charge in [-0.1, -0.05) is 49.6 Å². The second kappa shape index (κ2) is 5.93. The first-order chi connectivity index (χ1) is 10.2. The van der Waals surface area contributed by atoms with Gasteiger partial charge in [0.1, 0.15) is 0 Å². The molecule has 0 bridgehead atoms. The molecule has 1 aliphatic carbocycles. The largest absolute Gasteiger partial charge is 0.326 e. The van der Waals surface area contributed by atoms with Crippen molar-refractivity contribution in [1.82, 2.24) is 20.2 Å². The van der Waals surface area contributed by atoms with E-state index < -0.39 is 0 Å². The second-order valence-corrected chi connectivity index (χ2v) is 6.09. The Morgan fingerprint density at radius 2 is 1.90 bits per heavy atom. The van der Waals surface area contributed by atoms with Crippen LogP contribution in [0.3, 0.4) is 0 Å². The molecule has 0 amide bonds. The molecule has 5 heteroatoms. The summed E-state index contributed by atoms with van der Waals surface area (Å²) < 4.78 is 0. The van der Waals surface area contributed by atoms with Crippen molar-refractivity contribution in [3.63, 3.8) is 0 Å². The Morgan fingerprint density at radius 1 is 1.19 bits per heavy atom. The van der Waals surface area contributed by atoms with Gasteiger partial charge in [0.25, 0.3) is 0 Å². The van der Waals surface area contributed by atoms with Crippen LogP contribution in [0.15, 0.2) is 30.3 Å². The van der Waals surface area contributed by atoms with Gasteiger partial charge in [0.05, 0.1) is 7.05 Å². The third-order valence-electron chi connectivity index (χ3n) is 4.76. The number of rotatable bonds is 4. The monoisotopic (exact) mass is 285 g/mol. The number of hydrogen-bond donors (Lipinski definition) is 1. The Hall–Kier alpha value is -1.75. The first-order valence-electron chi connectivity index (χ1n) is 7.75. The van der Waals surface area contributed by atoms with Crippen molar-refractivity contribution in [3.05, 3.63) is 41.7 Å². The van der Waals surface area contributed by atoms with Gasteiger partial charge in [-0.25, -0.2) is 0 Å². The molecule has 21 heavy (non-hydrogen) atoms. The summed E-state index contributed by atoms with van der Waals surface area (Å²) >= 11 is 0. The van der Waals surface area contributed by atoms with E-state index in [1.54, 1.807) is 7.05 Å². The molecule has 1 heterocycles. The van der Waals surface area contributed by atoms with Crippen molar-refractivity contribution >= 4 is 0 Å². The predicted octanol–water partition coefficient (Wildman–Crippen LogP) is 1.98. The summed E-state index contributed by atoms with van der Waals surface area (Å²) in [6, 6.07) is 10.8. The van der Waals surface area contributed by atoms with Crippen LogP contribution >= 0.6 is 0 Å². The van der Waals surface area contributed by atoms with E-state index in [4.69, 9.17) is 5.73 Å². The van der Waals surface area contributed by atoms with E-state index in [0.29, 0.717) is 6.42 Å². The van der Waals surface area contributed by atoms with Gasteiger partial charge >= 0.3 is 0 Å². The van der Waals surface area contributed by atoms with Crippen molar-refractivity contribution in [3.8, 4) is 0 Å². The molecule has 1 aromatic carbocycles. The summed E-state index contributed by atoms with van der Waals surface area (Å²) in [5.74, 6) is 0.742. The quantitative estimate of drug-likeness (QED) is 0.932. The average Bonchev–Trinajstić information content (AvgIpc) is 2.94. The maximum absolute atomic E-state index is 6.64. The zero-order valence-corrected chi connectivity index (χ0v) is 12.6. The van der Waals surface area contributed by atoms with Gasteiger partial charge in [-0.15, -0.1) is 10.2 Å². The number of aromatic nitrogens is 4. The molecule has 112 valence electrons. The molecule has 0 aliphatic heterocycles. The maximum atomic E-state index is 6.64.